The number of aromatic nitrogens is 1. The largest absolute Gasteiger partial charge is 0.360 e. The first kappa shape index (κ1) is 41.9. The third-order valence-corrected chi connectivity index (χ3v) is 21.1. The summed E-state index contributed by atoms with van der Waals surface area (Å²) in [7, 11) is 0. The maximum Gasteiger partial charge on any atom is 0.155 e. The fraction of sp³-hybridized carbons (Fsp3) is 0.776. The minimum atomic E-state index is -0.00997. The molecule has 9 aliphatic carbocycles. The fourth-order valence-electron chi connectivity index (χ4n) is 19.1. The van der Waals surface area contributed by atoms with Crippen LogP contribution in [0.15, 0.2) is 35.6 Å². The summed E-state index contributed by atoms with van der Waals surface area (Å²) in [6, 6.07) is 4.39. The van der Waals surface area contributed by atoms with Crippen LogP contribution in [0.3, 0.4) is 0 Å². The molecule has 5 nitrogen and oxygen atoms in total. The van der Waals surface area contributed by atoms with Crippen LogP contribution in [0.4, 0.5) is 0 Å². The van der Waals surface area contributed by atoms with Crippen LogP contribution >= 0.6 is 0 Å². The molecule has 2 aliphatic heterocycles. The fourth-order valence-corrected chi connectivity index (χ4v) is 19.1. The lowest BCUT2D eigenvalue weighted by Crippen LogP contribution is -3.34. The smallest absolute Gasteiger partial charge is 0.155 e. The molecule has 340 valence electrons. The highest BCUT2D eigenvalue weighted by Gasteiger charge is 2.65. The molecule has 3 heterocycles. The third kappa shape index (κ3) is 6.45. The van der Waals surface area contributed by atoms with Gasteiger partial charge in [0.05, 0.1) is 41.7 Å². The Morgan fingerprint density at radius 2 is 1.54 bits per heavy atom. The maximum atomic E-state index is 11.6. The molecule has 12 rings (SSSR count). The lowest BCUT2D eigenvalue weighted by Gasteiger charge is -2.59. The zero-order valence-corrected chi connectivity index (χ0v) is 40.4. The highest BCUT2D eigenvalue weighted by Crippen LogP contribution is 2.65. The summed E-state index contributed by atoms with van der Waals surface area (Å²) in [5.41, 5.74) is 13.5. The van der Waals surface area contributed by atoms with Gasteiger partial charge in [-0.05, 0) is 198 Å². The van der Waals surface area contributed by atoms with E-state index in [0.29, 0.717) is 47.5 Å². The van der Waals surface area contributed by atoms with E-state index in [1.54, 1.807) is 39.5 Å². The van der Waals surface area contributed by atoms with Gasteiger partial charge in [-0.2, -0.15) is 5.26 Å². The number of nitrogens with zero attached hydrogens (tertiary/aromatic N) is 3. The molecule has 16 unspecified atom stereocenters. The van der Waals surface area contributed by atoms with E-state index in [4.69, 9.17) is 0 Å². The van der Waals surface area contributed by atoms with E-state index in [2.05, 4.69) is 86.7 Å². The number of nitrogens with one attached hydrogen (secondary N) is 2. The summed E-state index contributed by atoms with van der Waals surface area (Å²) in [6.07, 6.45) is 40.9. The van der Waals surface area contributed by atoms with Crippen molar-refractivity contribution in [1.29, 1.82) is 5.26 Å². The standard InChI is InChI=1S/C58H83N5/c1-34-27-36(3)54-45(29-34)46-30-35(2)28-37(4)55(46)63(54)52-32-51(62-49-25-14-11-20-41(49)42-21-12-15-26-50(42)62)38(33-59)31-47(52)57-60-56(61(57)39-17-8-7-9-18-39)44-23-16-22-43-40-19-10-13-24-48(40)58(5,6)53(43)44/h14,25,27,32,34-35,37-41,43-44,47-49,51,53,56-57,60H,7-13,15-24,26,28-31H2,1-6H3/p+1. The van der Waals surface area contributed by atoms with Crippen LogP contribution in [0.5, 0.6) is 0 Å². The zero-order valence-electron chi connectivity index (χ0n) is 40.4. The van der Waals surface area contributed by atoms with Crippen molar-refractivity contribution < 1.29 is 4.90 Å². The Hall–Kier alpha value is -2.55. The Balaban J connectivity index is 1.01. The molecule has 11 aliphatic rings. The van der Waals surface area contributed by atoms with Gasteiger partial charge in [-0.15, -0.1) is 0 Å². The van der Waals surface area contributed by atoms with Crippen molar-refractivity contribution in [3.8, 4) is 6.07 Å². The molecular weight excluding hydrogens is 767 g/mol. The van der Waals surface area contributed by atoms with Crippen molar-refractivity contribution >= 4 is 11.3 Å². The number of quaternary nitrogens is 1. The van der Waals surface area contributed by atoms with Crippen LogP contribution < -0.4 is 10.2 Å². The Labute approximate surface area is 382 Å². The summed E-state index contributed by atoms with van der Waals surface area (Å²) >= 11 is 0. The second-order valence-corrected chi connectivity index (χ2v) is 25.0. The molecule has 0 amide bonds. The van der Waals surface area contributed by atoms with Gasteiger partial charge in [0.1, 0.15) is 6.17 Å². The van der Waals surface area contributed by atoms with Crippen molar-refractivity contribution in [2.45, 2.75) is 219 Å². The summed E-state index contributed by atoms with van der Waals surface area (Å²) in [6.45, 7) is 15.5. The quantitative estimate of drug-likeness (QED) is 0.290. The van der Waals surface area contributed by atoms with E-state index >= 15 is 0 Å². The van der Waals surface area contributed by atoms with Crippen LogP contribution in [-0.2, 0) is 12.8 Å². The molecule has 63 heavy (non-hydrogen) atoms. The number of hydrogen-bond donors (Lipinski definition) is 2. The Kier molecular flexibility index (Phi) is 10.7. The van der Waals surface area contributed by atoms with Gasteiger partial charge in [-0.25, -0.2) is 5.32 Å². The first-order chi connectivity index (χ1) is 30.6. The summed E-state index contributed by atoms with van der Waals surface area (Å²) in [5, 5.41) is 16.3. The number of allylic oxidation sites excluding steroid dienone is 4. The van der Waals surface area contributed by atoms with Gasteiger partial charge in [-0.3, -0.25) is 0 Å². The lowest BCUT2D eigenvalue weighted by atomic mass is 9.61. The molecule has 1 aromatic rings. The van der Waals surface area contributed by atoms with Crippen LogP contribution in [0.2, 0.25) is 0 Å². The van der Waals surface area contributed by atoms with Crippen molar-refractivity contribution in [1.82, 2.24) is 14.8 Å². The van der Waals surface area contributed by atoms with E-state index in [-0.39, 0.29) is 12.0 Å². The van der Waals surface area contributed by atoms with Crippen molar-refractivity contribution in [2.24, 2.45) is 64.6 Å². The van der Waals surface area contributed by atoms with E-state index < -0.39 is 0 Å². The number of nitriles is 1. The van der Waals surface area contributed by atoms with Crippen LogP contribution in [-0.4, -0.2) is 39.9 Å². The Bertz CT molecular complexity index is 2120. The van der Waals surface area contributed by atoms with Crippen molar-refractivity contribution in [3.63, 3.8) is 0 Å². The average Bonchev–Trinajstić information content (AvgIpc) is 3.87. The van der Waals surface area contributed by atoms with E-state index in [1.807, 2.05) is 4.90 Å². The molecule has 5 heteroatoms. The zero-order chi connectivity index (χ0) is 42.9. The third-order valence-electron chi connectivity index (χ3n) is 21.1. The second kappa shape index (κ2) is 16.1. The van der Waals surface area contributed by atoms with Crippen LogP contribution in [0, 0.1) is 75.9 Å². The molecule has 1 saturated heterocycles. The Morgan fingerprint density at radius 3 is 2.38 bits per heavy atom. The van der Waals surface area contributed by atoms with Gasteiger partial charge in [-0.1, -0.05) is 78.5 Å². The average molecular weight is 851 g/mol. The molecule has 4 saturated carbocycles. The van der Waals surface area contributed by atoms with Crippen LogP contribution in [0.1, 0.15) is 198 Å². The van der Waals surface area contributed by atoms with Crippen molar-refractivity contribution in [2.75, 3.05) is 0 Å². The monoisotopic (exact) mass is 851 g/mol. The van der Waals surface area contributed by atoms with Gasteiger partial charge < -0.3 is 14.4 Å². The molecule has 1 aromatic heterocycles. The molecule has 2 N–H and O–H groups in total. The Morgan fingerprint density at radius 1 is 0.762 bits per heavy atom. The highest BCUT2D eigenvalue weighted by atomic mass is 15.5. The molecule has 16 atom stereocenters. The van der Waals surface area contributed by atoms with Gasteiger partial charge in [0.25, 0.3) is 0 Å². The van der Waals surface area contributed by atoms with E-state index in [9.17, 15) is 5.26 Å². The number of rotatable bonds is 5. The molecule has 0 aromatic carbocycles. The SMILES string of the molecule is CC1=CC(C)Cc2c3c(n(C4=CC(N5C6=C(CCCC6)C6CCC=CC65)C(C#N)CC4C4NC(C5CCCC6C7CCCCC7C(C)(C)C65)[NH+]4C4CCCCC4)c21)C(C)CC(C)C3. The summed E-state index contributed by atoms with van der Waals surface area (Å²) in [5.74, 6) is 7.23. The molecule has 0 bridgehead atoms. The molecule has 5 fully saturated rings. The molecule has 0 spiro atoms. The van der Waals surface area contributed by atoms with Gasteiger partial charge in [0.15, 0.2) is 6.17 Å². The topological polar surface area (TPSA) is 48.4 Å². The summed E-state index contributed by atoms with van der Waals surface area (Å²) in [4.78, 5) is 4.84. The predicted octanol–water partition coefficient (Wildman–Crippen LogP) is 12.0. The minimum Gasteiger partial charge on any atom is -0.360 e. The van der Waals surface area contributed by atoms with Gasteiger partial charge >= 0.3 is 0 Å². The number of fused-ring (bicyclic) bond motifs is 8. The number of hydrogen-bond acceptors (Lipinski definition) is 3. The molecular formula is C58H84N5+. The van der Waals surface area contributed by atoms with Gasteiger partial charge in [0, 0.05) is 28.9 Å². The van der Waals surface area contributed by atoms with E-state index in [0.717, 1.165) is 48.0 Å². The maximum absolute atomic E-state index is 11.6. The second-order valence-electron chi connectivity index (χ2n) is 25.0. The van der Waals surface area contributed by atoms with Crippen LogP contribution in [0.25, 0.3) is 11.3 Å². The summed E-state index contributed by atoms with van der Waals surface area (Å²) < 4.78 is 2.96. The van der Waals surface area contributed by atoms with E-state index in [1.165, 1.54) is 140 Å². The normalized spacial score (nSPS) is 44.2. The highest BCUT2D eigenvalue weighted by molar-refractivity contribution is 5.75. The predicted molar refractivity (Wildman–Crippen MR) is 257 cm³/mol. The first-order valence-electron chi connectivity index (χ1n) is 27.5. The van der Waals surface area contributed by atoms with Crippen molar-refractivity contribution in [3.05, 3.63) is 58.1 Å². The van der Waals surface area contributed by atoms with Gasteiger partial charge in [0.2, 0.25) is 0 Å². The first-order valence-corrected chi connectivity index (χ1v) is 27.5. The minimum absolute atomic E-state index is 0.00997. The lowest BCUT2D eigenvalue weighted by molar-refractivity contribution is -1.03. The molecule has 0 radical (unpaired) electrons.